The van der Waals surface area contributed by atoms with Crippen LogP contribution < -0.4 is 10.6 Å². The van der Waals surface area contributed by atoms with Gasteiger partial charge in [0.1, 0.15) is 5.00 Å². The maximum absolute atomic E-state index is 12.5. The van der Waals surface area contributed by atoms with Crippen LogP contribution in [0.5, 0.6) is 0 Å². The van der Waals surface area contributed by atoms with Gasteiger partial charge in [0.15, 0.2) is 0 Å². The summed E-state index contributed by atoms with van der Waals surface area (Å²) >= 11 is 1.53. The molecule has 0 unspecified atom stereocenters. The number of anilines is 1. The van der Waals surface area contributed by atoms with Gasteiger partial charge in [-0.25, -0.2) is 4.79 Å². The number of thiophene rings is 1. The lowest BCUT2D eigenvalue weighted by atomic mass is 9.88. The van der Waals surface area contributed by atoms with Crippen molar-refractivity contribution in [3.8, 4) is 0 Å². The molecule has 6 nitrogen and oxygen atoms in total. The lowest BCUT2D eigenvalue weighted by molar-refractivity contribution is -0.115. The summed E-state index contributed by atoms with van der Waals surface area (Å²) in [5, 5.41) is 6.76. The molecule has 1 heterocycles. The fourth-order valence-electron chi connectivity index (χ4n) is 3.41. The Morgan fingerprint density at radius 1 is 1.26 bits per heavy atom. The lowest BCUT2D eigenvalue weighted by Crippen LogP contribution is -2.35. The quantitative estimate of drug-likeness (QED) is 0.471. The molecular formula is C20H33N3O3S. The highest BCUT2D eigenvalue weighted by Gasteiger charge is 2.29. The molecular weight excluding hydrogens is 362 g/mol. The predicted octanol–water partition coefficient (Wildman–Crippen LogP) is 2.92. The Morgan fingerprint density at radius 2 is 2.00 bits per heavy atom. The van der Waals surface area contributed by atoms with Gasteiger partial charge in [0.25, 0.3) is 0 Å². The van der Waals surface area contributed by atoms with E-state index in [0.717, 1.165) is 51.0 Å². The molecule has 0 spiro atoms. The number of nitrogens with zero attached hydrogens (tertiary/aromatic N) is 1. The van der Waals surface area contributed by atoms with Crippen LogP contribution in [0.2, 0.25) is 0 Å². The Balaban J connectivity index is 2.00. The van der Waals surface area contributed by atoms with E-state index in [9.17, 15) is 9.59 Å². The smallest absolute Gasteiger partial charge is 0.341 e. The molecule has 27 heavy (non-hydrogen) atoms. The van der Waals surface area contributed by atoms with Gasteiger partial charge < -0.3 is 20.3 Å². The zero-order valence-electron chi connectivity index (χ0n) is 17.0. The first kappa shape index (κ1) is 21.9. The van der Waals surface area contributed by atoms with Crippen LogP contribution in [0.4, 0.5) is 5.00 Å². The van der Waals surface area contributed by atoms with Crippen molar-refractivity contribution in [3.63, 3.8) is 0 Å². The van der Waals surface area contributed by atoms with E-state index < -0.39 is 0 Å². The molecule has 1 aliphatic rings. The van der Waals surface area contributed by atoms with E-state index in [2.05, 4.69) is 36.3 Å². The van der Waals surface area contributed by atoms with Crippen molar-refractivity contribution in [2.24, 2.45) is 5.92 Å². The number of carbonyl (C=O) groups is 2. The molecule has 0 aromatic carbocycles. The first-order chi connectivity index (χ1) is 13.0. The molecule has 1 atom stereocenters. The molecule has 1 amide bonds. The summed E-state index contributed by atoms with van der Waals surface area (Å²) in [6, 6.07) is 0. The topological polar surface area (TPSA) is 70.7 Å². The molecule has 0 aliphatic heterocycles. The number of carbonyl (C=O) groups excluding carboxylic acids is 2. The maximum Gasteiger partial charge on any atom is 0.341 e. The molecule has 1 aromatic rings. The molecule has 2 N–H and O–H groups in total. The Labute approximate surface area is 166 Å². The highest BCUT2D eigenvalue weighted by atomic mass is 32.1. The third kappa shape index (κ3) is 6.02. The van der Waals surface area contributed by atoms with Crippen molar-refractivity contribution in [2.75, 3.05) is 44.6 Å². The zero-order chi connectivity index (χ0) is 19.8. The van der Waals surface area contributed by atoms with Crippen molar-refractivity contribution in [3.05, 3.63) is 16.0 Å². The lowest BCUT2D eigenvalue weighted by Gasteiger charge is -2.18. The molecule has 0 radical (unpaired) electrons. The molecule has 0 bridgehead atoms. The summed E-state index contributed by atoms with van der Waals surface area (Å²) in [5.41, 5.74) is 1.64. The molecule has 152 valence electrons. The van der Waals surface area contributed by atoms with E-state index in [-0.39, 0.29) is 18.4 Å². The fourth-order valence-corrected chi connectivity index (χ4v) is 4.82. The number of amides is 1. The number of ether oxygens (including phenoxy) is 1. The van der Waals surface area contributed by atoms with Crippen molar-refractivity contribution < 1.29 is 14.3 Å². The standard InChI is InChI=1S/C20H33N3O3S/c1-5-23(6-2)11-10-21-13-17(24)22-19-18(20(25)26-7-3)15-9-8-14(4)12-16(15)27-19/h14,21H,5-13H2,1-4H3,(H,22,24)/t14-/m1/s1. The number of likely N-dealkylation sites (N-methyl/N-ethyl adjacent to an activating group) is 1. The molecule has 0 saturated heterocycles. The number of rotatable bonds is 10. The number of nitrogens with one attached hydrogen (secondary N) is 2. The summed E-state index contributed by atoms with van der Waals surface area (Å²) in [6.07, 6.45) is 2.90. The normalized spacial score (nSPS) is 16.3. The molecule has 0 saturated carbocycles. The van der Waals surface area contributed by atoms with Gasteiger partial charge in [-0.2, -0.15) is 0 Å². The number of fused-ring (bicyclic) bond motifs is 1. The summed E-state index contributed by atoms with van der Waals surface area (Å²) in [4.78, 5) is 28.4. The molecule has 1 aliphatic carbocycles. The van der Waals surface area contributed by atoms with Crippen LogP contribution in [0.1, 0.15) is 54.9 Å². The predicted molar refractivity (Wildman–Crippen MR) is 111 cm³/mol. The van der Waals surface area contributed by atoms with E-state index in [4.69, 9.17) is 4.74 Å². The largest absolute Gasteiger partial charge is 0.462 e. The highest BCUT2D eigenvalue weighted by molar-refractivity contribution is 7.17. The van der Waals surface area contributed by atoms with Gasteiger partial charge in [0.2, 0.25) is 5.91 Å². The third-order valence-corrected chi connectivity index (χ3v) is 6.20. The summed E-state index contributed by atoms with van der Waals surface area (Å²) in [7, 11) is 0. The number of hydrogen-bond acceptors (Lipinski definition) is 6. The van der Waals surface area contributed by atoms with Crippen LogP contribution in [0.25, 0.3) is 0 Å². The van der Waals surface area contributed by atoms with Gasteiger partial charge >= 0.3 is 5.97 Å². The van der Waals surface area contributed by atoms with Crippen LogP contribution >= 0.6 is 11.3 Å². The second-order valence-electron chi connectivity index (χ2n) is 7.03. The maximum atomic E-state index is 12.5. The van der Waals surface area contributed by atoms with Crippen LogP contribution in [0.15, 0.2) is 0 Å². The number of hydrogen-bond donors (Lipinski definition) is 2. The van der Waals surface area contributed by atoms with Gasteiger partial charge in [0, 0.05) is 18.0 Å². The van der Waals surface area contributed by atoms with E-state index >= 15 is 0 Å². The first-order valence-corrected chi connectivity index (χ1v) is 10.9. The second kappa shape index (κ2) is 10.8. The minimum Gasteiger partial charge on any atom is -0.462 e. The fraction of sp³-hybridized carbons (Fsp3) is 0.700. The van der Waals surface area contributed by atoms with Crippen LogP contribution in [-0.4, -0.2) is 56.1 Å². The van der Waals surface area contributed by atoms with Gasteiger partial charge in [0.05, 0.1) is 18.7 Å². The van der Waals surface area contributed by atoms with Gasteiger partial charge in [-0.05, 0) is 50.8 Å². The van der Waals surface area contributed by atoms with Crippen LogP contribution in [-0.2, 0) is 22.4 Å². The summed E-state index contributed by atoms with van der Waals surface area (Å²) < 4.78 is 5.25. The van der Waals surface area contributed by atoms with Crippen molar-refractivity contribution in [2.45, 2.75) is 47.0 Å². The second-order valence-corrected chi connectivity index (χ2v) is 8.13. The minimum absolute atomic E-state index is 0.119. The number of esters is 1. The summed E-state index contributed by atoms with van der Waals surface area (Å²) in [5.74, 6) is 0.164. The van der Waals surface area contributed by atoms with E-state index in [1.165, 1.54) is 16.2 Å². The van der Waals surface area contributed by atoms with Gasteiger partial charge in [-0.15, -0.1) is 11.3 Å². The van der Waals surface area contributed by atoms with Crippen molar-refractivity contribution in [1.29, 1.82) is 0 Å². The Morgan fingerprint density at radius 3 is 2.67 bits per heavy atom. The SMILES string of the molecule is CCOC(=O)c1c(NC(=O)CNCCN(CC)CC)sc2c1CC[C@@H](C)C2. The Hall–Kier alpha value is -1.44. The molecule has 2 rings (SSSR count). The van der Waals surface area contributed by atoms with E-state index in [1.54, 1.807) is 6.92 Å². The average Bonchev–Trinajstić information content (AvgIpc) is 2.98. The van der Waals surface area contributed by atoms with Crippen molar-refractivity contribution >= 4 is 28.2 Å². The Bertz CT molecular complexity index is 641. The monoisotopic (exact) mass is 395 g/mol. The summed E-state index contributed by atoms with van der Waals surface area (Å²) in [6.45, 7) is 12.6. The average molecular weight is 396 g/mol. The van der Waals surface area contributed by atoms with Gasteiger partial charge in [-0.3, -0.25) is 4.79 Å². The zero-order valence-corrected chi connectivity index (χ0v) is 17.8. The highest BCUT2D eigenvalue weighted by Crippen LogP contribution is 2.40. The van der Waals surface area contributed by atoms with Crippen molar-refractivity contribution in [1.82, 2.24) is 10.2 Å². The van der Waals surface area contributed by atoms with Crippen LogP contribution in [0, 0.1) is 5.92 Å². The van der Waals surface area contributed by atoms with Crippen LogP contribution in [0.3, 0.4) is 0 Å². The molecule has 7 heteroatoms. The first-order valence-electron chi connectivity index (χ1n) is 10.0. The Kier molecular flexibility index (Phi) is 8.73. The van der Waals surface area contributed by atoms with Gasteiger partial charge in [-0.1, -0.05) is 20.8 Å². The molecule has 1 aromatic heterocycles. The molecule has 0 fully saturated rings. The van der Waals surface area contributed by atoms with E-state index in [0.29, 0.717) is 23.1 Å². The van der Waals surface area contributed by atoms with E-state index in [1.807, 2.05) is 0 Å². The third-order valence-electron chi connectivity index (χ3n) is 5.03. The minimum atomic E-state index is -0.325.